The Morgan fingerprint density at radius 1 is 0.963 bits per heavy atom. The Balaban J connectivity index is 1.66. The number of hydrogen-bond acceptors (Lipinski definition) is 6. The summed E-state index contributed by atoms with van der Waals surface area (Å²) in [5.74, 6) is -1.27. The quantitative estimate of drug-likeness (QED) is 0.724. The van der Waals surface area contributed by atoms with Crippen LogP contribution in [0.4, 0.5) is 4.39 Å². The number of carbonyl (C=O) groups is 2. The number of ether oxygens (including phenoxy) is 4. The van der Waals surface area contributed by atoms with Crippen LogP contribution in [-0.4, -0.2) is 50.3 Å². The van der Waals surface area contributed by atoms with Crippen LogP contribution < -0.4 is 0 Å². The van der Waals surface area contributed by atoms with E-state index in [0.29, 0.717) is 5.56 Å². The Morgan fingerprint density at radius 2 is 1.52 bits per heavy atom. The molecule has 0 amide bonds. The largest absolute Gasteiger partial charge is 0.459 e. The van der Waals surface area contributed by atoms with E-state index in [0.717, 1.165) is 0 Å². The molecule has 27 heavy (non-hydrogen) atoms. The SMILES string of the molecule is CO[C@H]1O[C@H](COC(=O)c2ccccc2)[C@@H](OC(=O)c2ccccc2)[C@H]1F. The summed E-state index contributed by atoms with van der Waals surface area (Å²) < 4.78 is 35.4. The standard InChI is InChI=1S/C20H19FO6/c1-24-20-16(21)17(27-19(23)14-10-6-3-7-11-14)15(26-20)12-25-18(22)13-8-4-2-5-9-13/h2-11,15-17,20H,12H2,1H3/t15-,16-,17-,20+/m1/s1. The van der Waals surface area contributed by atoms with Gasteiger partial charge in [0.2, 0.25) is 0 Å². The van der Waals surface area contributed by atoms with Crippen LogP contribution >= 0.6 is 0 Å². The second-order valence-electron chi connectivity index (χ2n) is 5.92. The summed E-state index contributed by atoms with van der Waals surface area (Å²) in [6, 6.07) is 16.6. The number of benzene rings is 2. The zero-order valence-electron chi connectivity index (χ0n) is 14.6. The van der Waals surface area contributed by atoms with Crippen molar-refractivity contribution in [3.8, 4) is 0 Å². The second-order valence-corrected chi connectivity index (χ2v) is 5.92. The van der Waals surface area contributed by atoms with Crippen molar-refractivity contribution in [2.75, 3.05) is 13.7 Å². The molecular weight excluding hydrogens is 355 g/mol. The minimum atomic E-state index is -1.71. The molecule has 2 aromatic rings. The van der Waals surface area contributed by atoms with E-state index in [-0.39, 0.29) is 12.2 Å². The van der Waals surface area contributed by atoms with E-state index in [4.69, 9.17) is 18.9 Å². The van der Waals surface area contributed by atoms with Crippen LogP contribution in [-0.2, 0) is 18.9 Å². The van der Waals surface area contributed by atoms with Crippen LogP contribution in [0.25, 0.3) is 0 Å². The maximum absolute atomic E-state index is 14.6. The number of halogens is 1. The highest BCUT2D eigenvalue weighted by Crippen LogP contribution is 2.28. The lowest BCUT2D eigenvalue weighted by atomic mass is 10.1. The molecule has 1 saturated heterocycles. The maximum atomic E-state index is 14.6. The second kappa shape index (κ2) is 8.75. The van der Waals surface area contributed by atoms with E-state index in [1.807, 2.05) is 0 Å². The summed E-state index contributed by atoms with van der Waals surface area (Å²) in [6.45, 7) is -0.277. The van der Waals surface area contributed by atoms with E-state index in [2.05, 4.69) is 0 Å². The zero-order chi connectivity index (χ0) is 19.2. The minimum Gasteiger partial charge on any atom is -0.459 e. The third-order valence-electron chi connectivity index (χ3n) is 4.12. The number of hydrogen-bond donors (Lipinski definition) is 0. The Hall–Kier alpha value is -2.77. The molecule has 0 N–H and O–H groups in total. The normalized spacial score (nSPS) is 24.4. The molecule has 0 saturated carbocycles. The molecule has 0 aromatic heterocycles. The molecule has 0 bridgehead atoms. The van der Waals surface area contributed by atoms with Crippen LogP contribution in [0.5, 0.6) is 0 Å². The van der Waals surface area contributed by atoms with Gasteiger partial charge in [-0.3, -0.25) is 0 Å². The third kappa shape index (κ3) is 4.50. The van der Waals surface area contributed by atoms with Gasteiger partial charge in [0.1, 0.15) is 12.7 Å². The number of esters is 2. The number of carbonyl (C=O) groups excluding carboxylic acids is 2. The van der Waals surface area contributed by atoms with Gasteiger partial charge in [0.15, 0.2) is 18.6 Å². The first-order chi connectivity index (χ1) is 13.1. The van der Waals surface area contributed by atoms with Crippen molar-refractivity contribution >= 4 is 11.9 Å². The molecule has 2 aromatic carbocycles. The molecule has 0 aliphatic carbocycles. The van der Waals surface area contributed by atoms with Crippen molar-refractivity contribution in [1.29, 1.82) is 0 Å². The van der Waals surface area contributed by atoms with E-state index >= 15 is 0 Å². The number of alkyl halides is 1. The van der Waals surface area contributed by atoms with Gasteiger partial charge in [-0.05, 0) is 24.3 Å². The first kappa shape index (κ1) is 19.0. The summed E-state index contributed by atoms with van der Waals surface area (Å²) in [6.07, 6.45) is -5.15. The lowest BCUT2D eigenvalue weighted by Gasteiger charge is -2.19. The molecule has 1 fully saturated rings. The highest BCUT2D eigenvalue weighted by atomic mass is 19.1. The van der Waals surface area contributed by atoms with Gasteiger partial charge in [-0.15, -0.1) is 0 Å². The topological polar surface area (TPSA) is 71.1 Å². The fourth-order valence-corrected chi connectivity index (χ4v) is 2.73. The predicted octanol–water partition coefficient (Wildman–Crippen LogP) is 2.78. The lowest BCUT2D eigenvalue weighted by Crippen LogP contribution is -2.37. The van der Waals surface area contributed by atoms with E-state index < -0.39 is 36.6 Å². The number of methoxy groups -OCH3 is 1. The molecule has 1 heterocycles. The molecule has 3 rings (SSSR count). The van der Waals surface area contributed by atoms with Crippen molar-refractivity contribution in [3.63, 3.8) is 0 Å². The summed E-state index contributed by atoms with van der Waals surface area (Å²) >= 11 is 0. The summed E-state index contributed by atoms with van der Waals surface area (Å²) in [5.41, 5.74) is 0.638. The molecule has 4 atom stereocenters. The van der Waals surface area contributed by atoms with Crippen LogP contribution in [0.1, 0.15) is 20.7 Å². The Labute approximate surface area is 155 Å². The molecule has 1 aliphatic heterocycles. The van der Waals surface area contributed by atoms with Gasteiger partial charge in [0, 0.05) is 7.11 Å². The van der Waals surface area contributed by atoms with E-state index in [1.165, 1.54) is 7.11 Å². The maximum Gasteiger partial charge on any atom is 0.338 e. The molecule has 0 unspecified atom stereocenters. The van der Waals surface area contributed by atoms with Crippen LogP contribution in [0.15, 0.2) is 60.7 Å². The Morgan fingerprint density at radius 3 is 2.07 bits per heavy atom. The van der Waals surface area contributed by atoms with Crippen LogP contribution in [0.2, 0.25) is 0 Å². The molecule has 142 valence electrons. The lowest BCUT2D eigenvalue weighted by molar-refractivity contribution is -0.142. The first-order valence-corrected chi connectivity index (χ1v) is 8.40. The highest BCUT2D eigenvalue weighted by molar-refractivity contribution is 5.90. The average molecular weight is 374 g/mol. The van der Waals surface area contributed by atoms with Crippen molar-refractivity contribution < 1.29 is 32.9 Å². The fraction of sp³-hybridized carbons (Fsp3) is 0.300. The summed E-state index contributed by atoms with van der Waals surface area (Å²) in [7, 11) is 1.28. The van der Waals surface area contributed by atoms with E-state index in [9.17, 15) is 14.0 Å². The molecule has 0 radical (unpaired) electrons. The van der Waals surface area contributed by atoms with E-state index in [1.54, 1.807) is 60.7 Å². The van der Waals surface area contributed by atoms with Crippen molar-refractivity contribution in [1.82, 2.24) is 0 Å². The van der Waals surface area contributed by atoms with Gasteiger partial charge < -0.3 is 18.9 Å². The molecular formula is C20H19FO6. The van der Waals surface area contributed by atoms with Gasteiger partial charge in [-0.25, -0.2) is 14.0 Å². The smallest absolute Gasteiger partial charge is 0.338 e. The Kier molecular flexibility index (Phi) is 6.16. The first-order valence-electron chi connectivity index (χ1n) is 8.40. The molecule has 6 nitrogen and oxygen atoms in total. The van der Waals surface area contributed by atoms with Gasteiger partial charge in [0.25, 0.3) is 0 Å². The van der Waals surface area contributed by atoms with Crippen LogP contribution in [0, 0.1) is 0 Å². The van der Waals surface area contributed by atoms with Gasteiger partial charge >= 0.3 is 11.9 Å². The third-order valence-corrected chi connectivity index (χ3v) is 4.12. The van der Waals surface area contributed by atoms with Gasteiger partial charge in [0.05, 0.1) is 11.1 Å². The monoisotopic (exact) mass is 374 g/mol. The molecule has 7 heteroatoms. The highest BCUT2D eigenvalue weighted by Gasteiger charge is 2.48. The van der Waals surface area contributed by atoms with Crippen LogP contribution in [0.3, 0.4) is 0 Å². The Bertz CT molecular complexity index is 767. The fourth-order valence-electron chi connectivity index (χ4n) is 2.73. The number of rotatable bonds is 6. The summed E-state index contributed by atoms with van der Waals surface area (Å²) in [4.78, 5) is 24.3. The molecule has 0 spiro atoms. The predicted molar refractivity (Wildman–Crippen MR) is 92.9 cm³/mol. The summed E-state index contributed by atoms with van der Waals surface area (Å²) in [5, 5.41) is 0. The van der Waals surface area contributed by atoms with Crippen molar-refractivity contribution in [2.24, 2.45) is 0 Å². The minimum absolute atomic E-state index is 0.277. The molecule has 1 aliphatic rings. The average Bonchev–Trinajstić information content (AvgIpc) is 3.02. The van der Waals surface area contributed by atoms with Crippen molar-refractivity contribution in [3.05, 3.63) is 71.8 Å². The van der Waals surface area contributed by atoms with Gasteiger partial charge in [-0.1, -0.05) is 36.4 Å². The van der Waals surface area contributed by atoms with Crippen molar-refractivity contribution in [2.45, 2.75) is 24.7 Å². The zero-order valence-corrected chi connectivity index (χ0v) is 14.6. The van der Waals surface area contributed by atoms with Gasteiger partial charge in [-0.2, -0.15) is 0 Å².